The van der Waals surface area contributed by atoms with Crippen LogP contribution in [0, 0.1) is 18.6 Å². The van der Waals surface area contributed by atoms with Gasteiger partial charge >= 0.3 is 5.69 Å². The van der Waals surface area contributed by atoms with Crippen molar-refractivity contribution in [1.29, 1.82) is 0 Å². The summed E-state index contributed by atoms with van der Waals surface area (Å²) < 4.78 is 43.8. The Bertz CT molecular complexity index is 1680. The zero-order chi connectivity index (χ0) is 30.1. The molecule has 0 bridgehead atoms. The van der Waals surface area contributed by atoms with E-state index in [4.69, 9.17) is 14.5 Å². The van der Waals surface area contributed by atoms with E-state index < -0.39 is 23.4 Å². The van der Waals surface area contributed by atoms with E-state index in [2.05, 4.69) is 15.3 Å². The van der Waals surface area contributed by atoms with Gasteiger partial charge in [-0.05, 0) is 56.0 Å². The number of methoxy groups -OCH3 is 1. The number of nitrogens with zero attached hydrogens (tertiary/aromatic N) is 5. The van der Waals surface area contributed by atoms with Crippen molar-refractivity contribution in [2.75, 3.05) is 38.4 Å². The third-order valence-corrected chi connectivity index (χ3v) is 7.66. The first-order valence-corrected chi connectivity index (χ1v) is 14.1. The van der Waals surface area contributed by atoms with Gasteiger partial charge in [0, 0.05) is 44.5 Å². The molecule has 0 spiro atoms. The molecule has 4 aromatic rings. The molecule has 3 aromatic heterocycles. The number of hydrogen-bond donors (Lipinski definition) is 1. The van der Waals surface area contributed by atoms with Crippen molar-refractivity contribution in [2.24, 2.45) is 0 Å². The molecule has 2 atom stereocenters. The van der Waals surface area contributed by atoms with E-state index in [1.165, 1.54) is 29.9 Å². The van der Waals surface area contributed by atoms with Crippen LogP contribution < -0.4 is 15.9 Å². The predicted molar refractivity (Wildman–Crippen MR) is 158 cm³/mol. The third kappa shape index (κ3) is 5.39. The number of nitrogens with one attached hydrogen (secondary N) is 1. The minimum absolute atomic E-state index is 0.00394. The summed E-state index contributed by atoms with van der Waals surface area (Å²) in [4.78, 5) is 29.8. The van der Waals surface area contributed by atoms with Crippen LogP contribution in [0.1, 0.15) is 56.5 Å². The van der Waals surface area contributed by atoms with E-state index in [-0.39, 0.29) is 35.7 Å². The van der Waals surface area contributed by atoms with E-state index in [0.717, 1.165) is 5.56 Å². The van der Waals surface area contributed by atoms with Gasteiger partial charge in [-0.15, -0.1) is 0 Å². The van der Waals surface area contributed by atoms with Gasteiger partial charge in [-0.2, -0.15) is 4.98 Å². The molecule has 0 aliphatic carbocycles. The van der Waals surface area contributed by atoms with Gasteiger partial charge in [0.05, 0.1) is 22.9 Å². The van der Waals surface area contributed by atoms with E-state index in [1.807, 2.05) is 32.6 Å². The standard InChI is InChI=1S/C31H36F2N6O3/c1-17(2)26-28(18(3)10-11-35-26)39-30-22(29(37-31(39)40)38-13-12-34-15-19(38)4)14-24(33)27(36-30)25-21(8-7-9-23(25)32)20(5)42-16-41-6/h7-11,14,17,19-20,34H,12-13,15-16H2,1-6H3/t19-,20?/m0/s1. The molecule has 0 saturated carbocycles. The molecule has 9 nitrogen and oxygen atoms in total. The fourth-order valence-electron chi connectivity index (χ4n) is 5.53. The van der Waals surface area contributed by atoms with Crippen LogP contribution in [0.15, 0.2) is 41.3 Å². The Balaban J connectivity index is 1.87. The molecular weight excluding hydrogens is 542 g/mol. The molecule has 11 heteroatoms. The lowest BCUT2D eigenvalue weighted by Gasteiger charge is -2.35. The van der Waals surface area contributed by atoms with Crippen LogP contribution in [0.5, 0.6) is 0 Å². The van der Waals surface area contributed by atoms with Crippen molar-refractivity contribution in [3.05, 3.63) is 75.5 Å². The highest BCUT2D eigenvalue weighted by molar-refractivity contribution is 5.91. The number of benzene rings is 1. The van der Waals surface area contributed by atoms with Crippen LogP contribution in [0.4, 0.5) is 14.6 Å². The van der Waals surface area contributed by atoms with Crippen LogP contribution in [0.25, 0.3) is 28.0 Å². The number of ether oxygens (including phenoxy) is 2. The van der Waals surface area contributed by atoms with Gasteiger partial charge in [0.15, 0.2) is 5.65 Å². The molecule has 222 valence electrons. The Kier molecular flexibility index (Phi) is 8.63. The van der Waals surface area contributed by atoms with Crippen LogP contribution in [0.3, 0.4) is 0 Å². The summed E-state index contributed by atoms with van der Waals surface area (Å²) >= 11 is 0. The van der Waals surface area contributed by atoms with Crippen molar-refractivity contribution in [2.45, 2.75) is 52.7 Å². The van der Waals surface area contributed by atoms with Gasteiger partial charge in [0.2, 0.25) is 0 Å². The average Bonchev–Trinajstić information content (AvgIpc) is 2.96. The maximum absolute atomic E-state index is 16.2. The monoisotopic (exact) mass is 578 g/mol. The first kappa shape index (κ1) is 29.7. The summed E-state index contributed by atoms with van der Waals surface area (Å²) in [6.45, 7) is 11.5. The lowest BCUT2D eigenvalue weighted by Crippen LogP contribution is -2.50. The van der Waals surface area contributed by atoms with E-state index in [1.54, 1.807) is 25.3 Å². The molecule has 1 aromatic carbocycles. The average molecular weight is 579 g/mol. The molecule has 0 radical (unpaired) electrons. The first-order valence-electron chi connectivity index (χ1n) is 14.1. The van der Waals surface area contributed by atoms with Gasteiger partial charge in [0.25, 0.3) is 0 Å². The number of rotatable bonds is 8. The number of fused-ring (bicyclic) bond motifs is 1. The largest absolute Gasteiger partial charge is 0.359 e. The van der Waals surface area contributed by atoms with Gasteiger partial charge in [0.1, 0.15) is 29.9 Å². The number of pyridine rings is 2. The van der Waals surface area contributed by atoms with E-state index in [0.29, 0.717) is 47.8 Å². The Hall–Kier alpha value is -3.80. The molecule has 42 heavy (non-hydrogen) atoms. The Morgan fingerprint density at radius 2 is 1.93 bits per heavy atom. The zero-order valence-electron chi connectivity index (χ0n) is 24.7. The maximum atomic E-state index is 16.2. The highest BCUT2D eigenvalue weighted by atomic mass is 19.1. The summed E-state index contributed by atoms with van der Waals surface area (Å²) in [5.41, 5.74) is 1.71. The predicted octanol–water partition coefficient (Wildman–Crippen LogP) is 5.03. The normalized spacial score (nSPS) is 16.4. The summed E-state index contributed by atoms with van der Waals surface area (Å²) in [5.74, 6) is -1.09. The second kappa shape index (κ2) is 12.2. The van der Waals surface area contributed by atoms with E-state index in [9.17, 15) is 4.79 Å². The molecule has 1 aliphatic heterocycles. The Morgan fingerprint density at radius 1 is 1.14 bits per heavy atom. The highest BCUT2D eigenvalue weighted by Gasteiger charge is 2.28. The fraction of sp³-hybridized carbons (Fsp3) is 0.419. The minimum atomic E-state index is -0.740. The van der Waals surface area contributed by atoms with Gasteiger partial charge < -0.3 is 19.7 Å². The lowest BCUT2D eigenvalue weighted by molar-refractivity contribution is -0.0665. The molecule has 1 unspecified atom stereocenters. The quantitative estimate of drug-likeness (QED) is 0.291. The second-order valence-corrected chi connectivity index (χ2v) is 10.9. The summed E-state index contributed by atoms with van der Waals surface area (Å²) in [7, 11) is 1.49. The molecule has 1 N–H and O–H groups in total. The smallest absolute Gasteiger partial charge is 0.355 e. The Morgan fingerprint density at radius 3 is 2.64 bits per heavy atom. The third-order valence-electron chi connectivity index (χ3n) is 7.66. The van der Waals surface area contributed by atoms with Crippen LogP contribution >= 0.6 is 0 Å². The second-order valence-electron chi connectivity index (χ2n) is 10.9. The number of anilines is 1. The molecule has 1 saturated heterocycles. The number of aryl methyl sites for hydroxylation is 1. The van der Waals surface area contributed by atoms with Crippen LogP contribution in [0.2, 0.25) is 0 Å². The first-order chi connectivity index (χ1) is 20.1. The lowest BCUT2D eigenvalue weighted by atomic mass is 9.98. The molecule has 5 rings (SSSR count). The van der Waals surface area contributed by atoms with Crippen LogP contribution in [-0.4, -0.2) is 59.1 Å². The van der Waals surface area contributed by atoms with Gasteiger partial charge in [-0.25, -0.2) is 23.1 Å². The van der Waals surface area contributed by atoms with Crippen LogP contribution in [-0.2, 0) is 9.47 Å². The molecule has 1 aliphatic rings. The van der Waals surface area contributed by atoms with Gasteiger partial charge in [-0.1, -0.05) is 26.0 Å². The van der Waals surface area contributed by atoms with Crippen molar-refractivity contribution in [1.82, 2.24) is 24.8 Å². The number of piperazine rings is 1. The topological polar surface area (TPSA) is 94.4 Å². The maximum Gasteiger partial charge on any atom is 0.355 e. The van der Waals surface area contributed by atoms with Crippen molar-refractivity contribution >= 4 is 16.9 Å². The summed E-state index contributed by atoms with van der Waals surface area (Å²) in [6, 6.07) is 7.57. The molecule has 4 heterocycles. The zero-order valence-corrected chi connectivity index (χ0v) is 24.7. The Labute approximate surface area is 243 Å². The summed E-state index contributed by atoms with van der Waals surface area (Å²) in [6.07, 6.45) is 1.06. The van der Waals surface area contributed by atoms with Crippen molar-refractivity contribution in [3.63, 3.8) is 0 Å². The van der Waals surface area contributed by atoms with E-state index >= 15 is 8.78 Å². The molecule has 0 amide bonds. The van der Waals surface area contributed by atoms with Crippen molar-refractivity contribution in [3.8, 4) is 16.9 Å². The highest BCUT2D eigenvalue weighted by Crippen LogP contribution is 2.37. The van der Waals surface area contributed by atoms with Gasteiger partial charge in [-0.3, -0.25) is 4.98 Å². The number of hydrogen-bond acceptors (Lipinski definition) is 8. The number of halogens is 2. The molecular formula is C31H36F2N6O3. The summed E-state index contributed by atoms with van der Waals surface area (Å²) in [5, 5.41) is 3.68. The van der Waals surface area contributed by atoms with Crippen molar-refractivity contribution < 1.29 is 18.3 Å². The number of aromatic nitrogens is 4. The minimum Gasteiger partial charge on any atom is -0.359 e. The fourth-order valence-corrected chi connectivity index (χ4v) is 5.53. The molecule has 1 fully saturated rings. The SMILES string of the molecule is COCOC(C)c1cccc(F)c1-c1nc2c(cc1F)c(N1CCNC[C@@H]1C)nc(=O)n2-c1c(C)ccnc1C(C)C.